The molecule has 1 heterocycles. The van der Waals surface area contributed by atoms with E-state index in [2.05, 4.69) is 48.5 Å². The normalized spacial score (nSPS) is 16.2. The average Bonchev–Trinajstić information content (AvgIpc) is 3.24. The Bertz CT molecular complexity index is 732. The highest BCUT2D eigenvalue weighted by atomic mass is 127. The minimum absolute atomic E-state index is 0. The zero-order valence-corrected chi connectivity index (χ0v) is 19.7. The molecule has 158 valence electrons. The Morgan fingerprint density at radius 3 is 2.55 bits per heavy atom. The molecule has 0 aromatic heterocycles. The monoisotopic (exact) mass is 509 g/mol. The molecule has 1 aliphatic heterocycles. The highest BCUT2D eigenvalue weighted by molar-refractivity contribution is 14.0. The number of guanidine groups is 1. The van der Waals surface area contributed by atoms with Gasteiger partial charge >= 0.3 is 0 Å². The lowest BCUT2D eigenvalue weighted by atomic mass is 10.1. The van der Waals surface area contributed by atoms with Gasteiger partial charge in [0.1, 0.15) is 12.4 Å². The number of halogens is 1. The Labute approximate surface area is 191 Å². The molecule has 1 unspecified atom stereocenters. The van der Waals surface area contributed by atoms with Gasteiger partial charge in [-0.25, -0.2) is 4.99 Å². The molecule has 1 atom stereocenters. The predicted octanol–water partition coefficient (Wildman–Crippen LogP) is 4.32. The van der Waals surface area contributed by atoms with Crippen LogP contribution >= 0.6 is 24.0 Å². The quantitative estimate of drug-likeness (QED) is 0.327. The van der Waals surface area contributed by atoms with Crippen molar-refractivity contribution in [3.8, 4) is 5.75 Å². The topological polar surface area (TPSA) is 46.1 Å². The lowest BCUT2D eigenvalue weighted by Gasteiger charge is -2.24. The van der Waals surface area contributed by atoms with Crippen molar-refractivity contribution in [1.82, 2.24) is 10.2 Å². The molecule has 3 rings (SSSR count). The van der Waals surface area contributed by atoms with Crippen molar-refractivity contribution < 1.29 is 9.47 Å². The molecule has 2 aromatic rings. The first-order valence-corrected chi connectivity index (χ1v) is 10.1. The molecule has 0 spiro atoms. The number of rotatable bonds is 8. The van der Waals surface area contributed by atoms with Crippen LogP contribution in [0.4, 0.5) is 0 Å². The van der Waals surface area contributed by atoms with Crippen LogP contribution in [-0.4, -0.2) is 44.2 Å². The first-order chi connectivity index (χ1) is 13.7. The first kappa shape index (κ1) is 23.5. The van der Waals surface area contributed by atoms with E-state index in [1.165, 1.54) is 11.1 Å². The highest BCUT2D eigenvalue weighted by Crippen LogP contribution is 2.16. The van der Waals surface area contributed by atoms with Gasteiger partial charge in [0.05, 0.1) is 13.2 Å². The van der Waals surface area contributed by atoms with Crippen LogP contribution in [0.15, 0.2) is 59.6 Å². The highest BCUT2D eigenvalue weighted by Gasteiger charge is 2.19. The largest absolute Gasteiger partial charge is 0.489 e. The Morgan fingerprint density at radius 2 is 1.90 bits per heavy atom. The standard InChI is InChI=1S/C23H31N3O2.HI/c1-3-24-23(26(2)16-21-13-14-27-17-21)25-15-19-9-11-22(12-10-19)28-18-20-7-5-4-6-8-20;/h4-12,21H,3,13-18H2,1-2H3,(H,24,25);1H. The van der Waals surface area contributed by atoms with Gasteiger partial charge in [0.2, 0.25) is 0 Å². The second kappa shape index (κ2) is 12.7. The van der Waals surface area contributed by atoms with Gasteiger partial charge in [0, 0.05) is 32.7 Å². The molecule has 1 fully saturated rings. The maximum absolute atomic E-state index is 5.86. The summed E-state index contributed by atoms with van der Waals surface area (Å²) in [7, 11) is 2.10. The molecule has 0 bridgehead atoms. The van der Waals surface area contributed by atoms with E-state index in [1.54, 1.807) is 0 Å². The van der Waals surface area contributed by atoms with Crippen molar-refractivity contribution in [2.75, 3.05) is 33.4 Å². The van der Waals surface area contributed by atoms with E-state index >= 15 is 0 Å². The molecular formula is C23H32IN3O2. The van der Waals surface area contributed by atoms with Gasteiger partial charge < -0.3 is 19.7 Å². The van der Waals surface area contributed by atoms with Crippen LogP contribution in [0.2, 0.25) is 0 Å². The van der Waals surface area contributed by atoms with Crippen LogP contribution in [0.3, 0.4) is 0 Å². The zero-order valence-electron chi connectivity index (χ0n) is 17.3. The summed E-state index contributed by atoms with van der Waals surface area (Å²) < 4.78 is 11.3. The number of hydrogen-bond acceptors (Lipinski definition) is 3. The fourth-order valence-corrected chi connectivity index (χ4v) is 3.27. The summed E-state index contributed by atoms with van der Waals surface area (Å²) >= 11 is 0. The van der Waals surface area contributed by atoms with Gasteiger partial charge in [-0.1, -0.05) is 42.5 Å². The minimum atomic E-state index is 0. The average molecular weight is 509 g/mol. The summed E-state index contributed by atoms with van der Waals surface area (Å²) in [4.78, 5) is 7.01. The maximum atomic E-state index is 5.86. The van der Waals surface area contributed by atoms with Crippen molar-refractivity contribution in [1.29, 1.82) is 0 Å². The summed E-state index contributed by atoms with van der Waals surface area (Å²) in [6, 6.07) is 18.4. The molecule has 2 aromatic carbocycles. The van der Waals surface area contributed by atoms with E-state index in [9.17, 15) is 0 Å². The summed E-state index contributed by atoms with van der Waals surface area (Å²) in [6.07, 6.45) is 1.13. The number of benzene rings is 2. The molecule has 1 aliphatic rings. The molecule has 0 aliphatic carbocycles. The van der Waals surface area contributed by atoms with Crippen LogP contribution in [0.5, 0.6) is 5.75 Å². The zero-order chi connectivity index (χ0) is 19.6. The second-order valence-corrected chi connectivity index (χ2v) is 7.20. The van der Waals surface area contributed by atoms with E-state index in [0.717, 1.165) is 44.4 Å². The molecule has 29 heavy (non-hydrogen) atoms. The Kier molecular flexibility index (Phi) is 10.3. The van der Waals surface area contributed by atoms with Crippen molar-refractivity contribution in [3.05, 3.63) is 65.7 Å². The van der Waals surface area contributed by atoms with Crippen LogP contribution in [0, 0.1) is 5.92 Å². The number of ether oxygens (including phenoxy) is 2. The molecular weight excluding hydrogens is 477 g/mol. The Hall–Kier alpha value is -1.80. The maximum Gasteiger partial charge on any atom is 0.193 e. The summed E-state index contributed by atoms with van der Waals surface area (Å²) in [5.41, 5.74) is 2.34. The molecule has 1 saturated heterocycles. The van der Waals surface area contributed by atoms with Crippen molar-refractivity contribution >= 4 is 29.9 Å². The van der Waals surface area contributed by atoms with Gasteiger partial charge in [0.15, 0.2) is 5.96 Å². The second-order valence-electron chi connectivity index (χ2n) is 7.20. The number of aliphatic imine (C=N–C) groups is 1. The first-order valence-electron chi connectivity index (χ1n) is 10.1. The van der Waals surface area contributed by atoms with E-state index in [0.29, 0.717) is 19.1 Å². The van der Waals surface area contributed by atoms with E-state index < -0.39 is 0 Å². The summed E-state index contributed by atoms with van der Waals surface area (Å²) in [5.74, 6) is 2.41. The molecule has 6 heteroatoms. The predicted molar refractivity (Wildman–Crippen MR) is 129 cm³/mol. The number of nitrogens with one attached hydrogen (secondary N) is 1. The summed E-state index contributed by atoms with van der Waals surface area (Å²) in [5, 5.41) is 3.39. The molecule has 1 N–H and O–H groups in total. The van der Waals surface area contributed by atoms with E-state index in [-0.39, 0.29) is 24.0 Å². The molecule has 0 saturated carbocycles. The van der Waals surface area contributed by atoms with Crippen molar-refractivity contribution in [2.24, 2.45) is 10.9 Å². The lowest BCUT2D eigenvalue weighted by Crippen LogP contribution is -2.41. The lowest BCUT2D eigenvalue weighted by molar-refractivity contribution is 0.181. The van der Waals surface area contributed by atoms with Crippen LogP contribution in [0.1, 0.15) is 24.5 Å². The van der Waals surface area contributed by atoms with Crippen molar-refractivity contribution in [2.45, 2.75) is 26.5 Å². The Morgan fingerprint density at radius 1 is 1.14 bits per heavy atom. The molecule has 5 nitrogen and oxygen atoms in total. The number of hydrogen-bond donors (Lipinski definition) is 1. The summed E-state index contributed by atoms with van der Waals surface area (Å²) in [6.45, 7) is 6.89. The third-order valence-corrected chi connectivity index (χ3v) is 4.84. The third kappa shape index (κ3) is 7.85. The van der Waals surface area contributed by atoms with Crippen molar-refractivity contribution in [3.63, 3.8) is 0 Å². The van der Waals surface area contributed by atoms with Crippen LogP contribution < -0.4 is 10.1 Å². The Balaban J connectivity index is 0.00000300. The third-order valence-electron chi connectivity index (χ3n) is 4.84. The molecule has 0 amide bonds. The minimum Gasteiger partial charge on any atom is -0.489 e. The number of nitrogens with zero attached hydrogens (tertiary/aromatic N) is 2. The van der Waals surface area contributed by atoms with E-state index in [1.807, 2.05) is 30.3 Å². The fraction of sp³-hybridized carbons (Fsp3) is 0.435. The van der Waals surface area contributed by atoms with Crippen LogP contribution in [0.25, 0.3) is 0 Å². The smallest absolute Gasteiger partial charge is 0.193 e. The van der Waals surface area contributed by atoms with E-state index in [4.69, 9.17) is 14.5 Å². The van der Waals surface area contributed by atoms with Crippen LogP contribution in [-0.2, 0) is 17.9 Å². The van der Waals surface area contributed by atoms with Gasteiger partial charge in [-0.2, -0.15) is 0 Å². The fourth-order valence-electron chi connectivity index (χ4n) is 3.27. The SMILES string of the molecule is CCNC(=NCc1ccc(OCc2ccccc2)cc1)N(C)CC1CCOC1.I. The van der Waals surface area contributed by atoms with Gasteiger partial charge in [0.25, 0.3) is 0 Å². The van der Waals surface area contributed by atoms with Gasteiger partial charge in [-0.3, -0.25) is 0 Å². The van der Waals surface area contributed by atoms with Gasteiger partial charge in [-0.05, 0) is 36.6 Å². The molecule has 0 radical (unpaired) electrons. The van der Waals surface area contributed by atoms with Gasteiger partial charge in [-0.15, -0.1) is 24.0 Å².